The normalized spacial score (nSPS) is 23.6. The third kappa shape index (κ3) is 3.45. The molecule has 0 aromatic rings. The largest absolute Gasteiger partial charge is 0.356 e. The quantitative estimate of drug-likeness (QED) is 0.665. The van der Waals surface area contributed by atoms with E-state index in [1.165, 1.54) is 0 Å². The lowest BCUT2D eigenvalue weighted by molar-refractivity contribution is -0.120. The minimum Gasteiger partial charge on any atom is -0.356 e. The standard InChI is InChI=1S/C8H16N2OS/c1-2-10-8(11)5-7-6-9-3-4-12-7/h7,9H,2-6H2,1H3,(H,10,11). The Hall–Kier alpha value is -0.220. The van der Waals surface area contributed by atoms with Crippen LogP contribution in [-0.4, -0.2) is 36.5 Å². The van der Waals surface area contributed by atoms with Crippen molar-refractivity contribution >= 4 is 17.7 Å². The number of carbonyl (C=O) groups is 1. The molecule has 3 nitrogen and oxygen atoms in total. The van der Waals surface area contributed by atoms with Crippen LogP contribution in [0, 0.1) is 0 Å². The van der Waals surface area contributed by atoms with E-state index in [0.717, 1.165) is 25.4 Å². The molecule has 1 heterocycles. The zero-order valence-corrected chi connectivity index (χ0v) is 8.25. The van der Waals surface area contributed by atoms with Gasteiger partial charge in [-0.2, -0.15) is 11.8 Å². The Kier molecular flexibility index (Phi) is 4.46. The van der Waals surface area contributed by atoms with Crippen molar-refractivity contribution in [3.8, 4) is 0 Å². The first kappa shape index (κ1) is 9.86. The summed E-state index contributed by atoms with van der Waals surface area (Å²) in [6, 6.07) is 0. The molecule has 70 valence electrons. The molecule has 0 radical (unpaired) electrons. The van der Waals surface area contributed by atoms with Crippen LogP contribution in [0.15, 0.2) is 0 Å². The lowest BCUT2D eigenvalue weighted by atomic mass is 10.3. The Bertz CT molecular complexity index is 146. The maximum atomic E-state index is 11.2. The fourth-order valence-corrected chi connectivity index (χ4v) is 2.33. The van der Waals surface area contributed by atoms with Gasteiger partial charge in [0, 0.05) is 37.1 Å². The highest BCUT2D eigenvalue weighted by Gasteiger charge is 2.16. The molecule has 2 N–H and O–H groups in total. The van der Waals surface area contributed by atoms with E-state index < -0.39 is 0 Å². The van der Waals surface area contributed by atoms with Crippen molar-refractivity contribution in [1.29, 1.82) is 0 Å². The van der Waals surface area contributed by atoms with Crippen LogP contribution >= 0.6 is 11.8 Å². The Morgan fingerprint density at radius 2 is 2.58 bits per heavy atom. The van der Waals surface area contributed by atoms with Crippen molar-refractivity contribution < 1.29 is 4.79 Å². The summed E-state index contributed by atoms with van der Waals surface area (Å²) in [5.41, 5.74) is 0. The average Bonchev–Trinajstić information content (AvgIpc) is 2.06. The molecule has 12 heavy (non-hydrogen) atoms. The number of thioether (sulfide) groups is 1. The zero-order valence-electron chi connectivity index (χ0n) is 7.43. The van der Waals surface area contributed by atoms with Crippen LogP contribution in [0.3, 0.4) is 0 Å². The van der Waals surface area contributed by atoms with Gasteiger partial charge in [-0.05, 0) is 6.92 Å². The van der Waals surface area contributed by atoms with Gasteiger partial charge in [0.15, 0.2) is 0 Å². The third-order valence-electron chi connectivity index (χ3n) is 1.79. The van der Waals surface area contributed by atoms with Gasteiger partial charge < -0.3 is 10.6 Å². The summed E-state index contributed by atoms with van der Waals surface area (Å²) in [5.74, 6) is 1.31. The second kappa shape index (κ2) is 5.43. The highest BCUT2D eigenvalue weighted by atomic mass is 32.2. The van der Waals surface area contributed by atoms with Crippen molar-refractivity contribution in [3.63, 3.8) is 0 Å². The Morgan fingerprint density at radius 3 is 3.17 bits per heavy atom. The van der Waals surface area contributed by atoms with Crippen LogP contribution in [0.5, 0.6) is 0 Å². The van der Waals surface area contributed by atoms with Gasteiger partial charge in [0.2, 0.25) is 5.91 Å². The summed E-state index contributed by atoms with van der Waals surface area (Å²) in [7, 11) is 0. The van der Waals surface area contributed by atoms with E-state index >= 15 is 0 Å². The maximum Gasteiger partial charge on any atom is 0.221 e. The van der Waals surface area contributed by atoms with Crippen LogP contribution in [0.4, 0.5) is 0 Å². The average molecular weight is 188 g/mol. The van der Waals surface area contributed by atoms with Crippen molar-refractivity contribution in [2.24, 2.45) is 0 Å². The molecule has 4 heteroatoms. The Balaban J connectivity index is 2.15. The van der Waals surface area contributed by atoms with E-state index in [2.05, 4.69) is 10.6 Å². The van der Waals surface area contributed by atoms with Crippen LogP contribution in [0.25, 0.3) is 0 Å². The first-order valence-electron chi connectivity index (χ1n) is 4.42. The molecule has 1 fully saturated rings. The molecule has 1 atom stereocenters. The third-order valence-corrected chi connectivity index (χ3v) is 3.04. The summed E-state index contributed by atoms with van der Waals surface area (Å²) >= 11 is 1.89. The monoisotopic (exact) mass is 188 g/mol. The van der Waals surface area contributed by atoms with Crippen molar-refractivity contribution in [1.82, 2.24) is 10.6 Å². The zero-order chi connectivity index (χ0) is 8.81. The molecule has 1 amide bonds. The Morgan fingerprint density at radius 1 is 1.75 bits per heavy atom. The molecule has 1 unspecified atom stereocenters. The number of hydrogen-bond acceptors (Lipinski definition) is 3. The molecule has 1 aliphatic rings. The number of rotatable bonds is 3. The van der Waals surface area contributed by atoms with Crippen LogP contribution in [0.1, 0.15) is 13.3 Å². The summed E-state index contributed by atoms with van der Waals surface area (Å²) < 4.78 is 0. The molecule has 0 aromatic heterocycles. The van der Waals surface area contributed by atoms with Crippen molar-refractivity contribution in [3.05, 3.63) is 0 Å². The van der Waals surface area contributed by atoms with E-state index in [4.69, 9.17) is 0 Å². The molecule has 1 saturated heterocycles. The van der Waals surface area contributed by atoms with E-state index in [0.29, 0.717) is 11.7 Å². The highest BCUT2D eigenvalue weighted by molar-refractivity contribution is 8.00. The summed E-state index contributed by atoms with van der Waals surface area (Å²) in [6.07, 6.45) is 0.658. The minimum atomic E-state index is 0.179. The number of amides is 1. The first-order valence-corrected chi connectivity index (χ1v) is 5.47. The van der Waals surface area contributed by atoms with Crippen LogP contribution in [0.2, 0.25) is 0 Å². The molecule has 0 aromatic carbocycles. The van der Waals surface area contributed by atoms with Gasteiger partial charge in [-0.15, -0.1) is 0 Å². The maximum absolute atomic E-state index is 11.2. The predicted octanol–water partition coefficient (Wildman–Crippen LogP) is 0.218. The van der Waals surface area contributed by atoms with Gasteiger partial charge in [0.05, 0.1) is 0 Å². The van der Waals surface area contributed by atoms with Crippen LogP contribution < -0.4 is 10.6 Å². The topological polar surface area (TPSA) is 41.1 Å². The fourth-order valence-electron chi connectivity index (χ4n) is 1.23. The number of hydrogen-bond donors (Lipinski definition) is 2. The van der Waals surface area contributed by atoms with Crippen LogP contribution in [-0.2, 0) is 4.79 Å². The van der Waals surface area contributed by atoms with Gasteiger partial charge in [-0.25, -0.2) is 0 Å². The van der Waals surface area contributed by atoms with Gasteiger partial charge in [0.1, 0.15) is 0 Å². The van der Waals surface area contributed by atoms with E-state index in [1.54, 1.807) is 0 Å². The van der Waals surface area contributed by atoms with Crippen molar-refractivity contribution in [2.75, 3.05) is 25.4 Å². The molecule has 0 spiro atoms. The van der Waals surface area contributed by atoms with Gasteiger partial charge in [0.25, 0.3) is 0 Å². The summed E-state index contributed by atoms with van der Waals surface area (Å²) in [6.45, 7) is 4.74. The number of carbonyl (C=O) groups excluding carboxylic acids is 1. The molecular formula is C8H16N2OS. The molecule has 0 saturated carbocycles. The second-order valence-electron chi connectivity index (χ2n) is 2.85. The molecular weight excluding hydrogens is 172 g/mol. The minimum absolute atomic E-state index is 0.179. The predicted molar refractivity (Wildman–Crippen MR) is 52.4 cm³/mol. The smallest absolute Gasteiger partial charge is 0.221 e. The van der Waals surface area contributed by atoms with E-state index in [9.17, 15) is 4.79 Å². The first-order chi connectivity index (χ1) is 5.83. The molecule has 1 aliphatic heterocycles. The lowest BCUT2D eigenvalue weighted by Gasteiger charge is -2.21. The van der Waals surface area contributed by atoms with E-state index in [1.807, 2.05) is 18.7 Å². The second-order valence-corrected chi connectivity index (χ2v) is 4.26. The lowest BCUT2D eigenvalue weighted by Crippen LogP contribution is -2.36. The summed E-state index contributed by atoms with van der Waals surface area (Å²) in [4.78, 5) is 11.2. The van der Waals surface area contributed by atoms with E-state index in [-0.39, 0.29) is 5.91 Å². The highest BCUT2D eigenvalue weighted by Crippen LogP contribution is 2.16. The number of nitrogens with one attached hydrogen (secondary N) is 2. The Labute approximate surface area is 77.7 Å². The molecule has 0 bridgehead atoms. The molecule has 1 rings (SSSR count). The SMILES string of the molecule is CCNC(=O)CC1CNCCS1. The van der Waals surface area contributed by atoms with Gasteiger partial charge in [-0.1, -0.05) is 0 Å². The summed E-state index contributed by atoms with van der Waals surface area (Å²) in [5, 5.41) is 6.57. The van der Waals surface area contributed by atoms with Crippen molar-refractivity contribution in [2.45, 2.75) is 18.6 Å². The van der Waals surface area contributed by atoms with Gasteiger partial charge in [-0.3, -0.25) is 4.79 Å². The molecule has 0 aliphatic carbocycles. The fraction of sp³-hybridized carbons (Fsp3) is 0.875. The van der Waals surface area contributed by atoms with Gasteiger partial charge >= 0.3 is 0 Å².